The highest BCUT2D eigenvalue weighted by Gasteiger charge is 2.35. The van der Waals surface area contributed by atoms with E-state index in [1.165, 1.54) is 7.11 Å². The third-order valence-corrected chi connectivity index (χ3v) is 3.40. The smallest absolute Gasteiger partial charge is 0.252 e. The zero-order valence-electron chi connectivity index (χ0n) is 10.3. The van der Waals surface area contributed by atoms with Gasteiger partial charge >= 0.3 is 0 Å². The Morgan fingerprint density at radius 2 is 2.38 bits per heavy atom. The Kier molecular flexibility index (Phi) is 4.29. The number of aliphatic hydroxyl groups is 1. The van der Waals surface area contributed by atoms with E-state index in [0.29, 0.717) is 19.4 Å². The first-order valence-electron chi connectivity index (χ1n) is 5.72. The average Bonchev–Trinajstić information content (AvgIpc) is 2.72. The Morgan fingerprint density at radius 1 is 1.69 bits per heavy atom. The molecule has 0 spiro atoms. The van der Waals surface area contributed by atoms with Crippen LogP contribution >= 0.6 is 0 Å². The molecule has 1 saturated heterocycles. The van der Waals surface area contributed by atoms with E-state index in [1.54, 1.807) is 6.92 Å². The number of carbonyl (C=O) groups is 1. The topological polar surface area (TPSA) is 70.6 Å². The molecule has 0 aromatic heterocycles. The molecule has 0 saturated carbocycles. The van der Waals surface area contributed by atoms with Crippen LogP contribution in [-0.4, -0.2) is 49.0 Å². The molecule has 1 aliphatic rings. The Labute approximate surface area is 96.6 Å². The number of amides is 1. The fraction of sp³-hybridized carbons (Fsp3) is 0.909. The van der Waals surface area contributed by atoms with E-state index in [4.69, 9.17) is 4.74 Å². The number of hydrogen-bond donors (Lipinski definition) is 3. The Bertz CT molecular complexity index is 246. The van der Waals surface area contributed by atoms with Gasteiger partial charge < -0.3 is 20.5 Å². The second kappa shape index (κ2) is 5.12. The fourth-order valence-electron chi connectivity index (χ4n) is 1.71. The van der Waals surface area contributed by atoms with Gasteiger partial charge in [-0.15, -0.1) is 0 Å². The molecule has 0 bridgehead atoms. The molecular formula is C11H22N2O3. The molecule has 0 aromatic carbocycles. The van der Waals surface area contributed by atoms with Crippen LogP contribution < -0.4 is 10.6 Å². The zero-order chi connectivity index (χ0) is 12.2. The van der Waals surface area contributed by atoms with Crippen LogP contribution in [0.15, 0.2) is 0 Å². The molecule has 1 amide bonds. The highest BCUT2D eigenvalue weighted by Crippen LogP contribution is 2.16. The van der Waals surface area contributed by atoms with Crippen LogP contribution in [0.25, 0.3) is 0 Å². The summed E-state index contributed by atoms with van der Waals surface area (Å²) in [6.45, 7) is 5.25. The second-order valence-corrected chi connectivity index (χ2v) is 4.62. The lowest BCUT2D eigenvalue weighted by atomic mass is 10.00. The quantitative estimate of drug-likeness (QED) is 0.603. The normalized spacial score (nSPS) is 28.8. The third kappa shape index (κ3) is 2.93. The summed E-state index contributed by atoms with van der Waals surface area (Å²) >= 11 is 0. The summed E-state index contributed by atoms with van der Waals surface area (Å²) in [6, 6.07) is 0. The van der Waals surface area contributed by atoms with Gasteiger partial charge in [0, 0.05) is 20.2 Å². The lowest BCUT2D eigenvalue weighted by Gasteiger charge is -2.28. The summed E-state index contributed by atoms with van der Waals surface area (Å²) < 4.78 is 5.19. The lowest BCUT2D eigenvalue weighted by Crippen LogP contribution is -2.51. The molecule has 1 rings (SSSR count). The van der Waals surface area contributed by atoms with Crippen molar-refractivity contribution in [1.29, 1.82) is 0 Å². The van der Waals surface area contributed by atoms with E-state index >= 15 is 0 Å². The Hall–Kier alpha value is -0.650. The van der Waals surface area contributed by atoms with Crippen LogP contribution in [0.1, 0.15) is 26.7 Å². The predicted molar refractivity (Wildman–Crippen MR) is 61.2 cm³/mol. The molecule has 0 aromatic rings. The van der Waals surface area contributed by atoms with Crippen LogP contribution in [0.3, 0.4) is 0 Å². The van der Waals surface area contributed by atoms with Crippen molar-refractivity contribution in [2.45, 2.75) is 37.9 Å². The summed E-state index contributed by atoms with van der Waals surface area (Å²) in [6.07, 6.45) is 1.27. The van der Waals surface area contributed by atoms with Crippen LogP contribution in [0.4, 0.5) is 0 Å². The van der Waals surface area contributed by atoms with E-state index in [2.05, 4.69) is 10.6 Å². The summed E-state index contributed by atoms with van der Waals surface area (Å²) in [5.41, 5.74) is -1.61. The molecule has 16 heavy (non-hydrogen) atoms. The predicted octanol–water partition coefficient (Wildman–Crippen LogP) is -0.358. The van der Waals surface area contributed by atoms with Gasteiger partial charge in [0.25, 0.3) is 5.91 Å². The van der Waals surface area contributed by atoms with Crippen molar-refractivity contribution in [2.75, 3.05) is 26.7 Å². The molecule has 0 aliphatic carbocycles. The van der Waals surface area contributed by atoms with Crippen molar-refractivity contribution in [1.82, 2.24) is 10.6 Å². The summed E-state index contributed by atoms with van der Waals surface area (Å²) in [5, 5.41) is 15.9. The number of β-amino-alcohol motifs (C(OH)–C–C–N with tert-alkyl or cyclic N) is 1. The van der Waals surface area contributed by atoms with E-state index in [-0.39, 0.29) is 12.5 Å². The van der Waals surface area contributed by atoms with Crippen molar-refractivity contribution in [2.24, 2.45) is 0 Å². The van der Waals surface area contributed by atoms with Crippen molar-refractivity contribution in [3.05, 3.63) is 0 Å². The van der Waals surface area contributed by atoms with Crippen molar-refractivity contribution >= 4 is 5.91 Å². The van der Waals surface area contributed by atoms with Crippen LogP contribution in [0.5, 0.6) is 0 Å². The molecule has 3 N–H and O–H groups in total. The lowest BCUT2D eigenvalue weighted by molar-refractivity contribution is -0.142. The molecule has 0 radical (unpaired) electrons. The van der Waals surface area contributed by atoms with Gasteiger partial charge in [0.1, 0.15) is 5.60 Å². The van der Waals surface area contributed by atoms with Crippen molar-refractivity contribution in [3.63, 3.8) is 0 Å². The molecule has 94 valence electrons. The maximum Gasteiger partial charge on any atom is 0.252 e. The molecule has 5 heteroatoms. The number of nitrogens with one attached hydrogen (secondary N) is 2. The zero-order valence-corrected chi connectivity index (χ0v) is 10.3. The molecule has 1 heterocycles. The van der Waals surface area contributed by atoms with Crippen LogP contribution in [-0.2, 0) is 9.53 Å². The number of methoxy groups -OCH3 is 1. The molecule has 1 fully saturated rings. The first-order valence-corrected chi connectivity index (χ1v) is 5.72. The summed E-state index contributed by atoms with van der Waals surface area (Å²) in [5.74, 6) is -0.169. The number of carbonyl (C=O) groups excluding carboxylic acids is 1. The molecule has 2 atom stereocenters. The van der Waals surface area contributed by atoms with Crippen molar-refractivity contribution < 1.29 is 14.6 Å². The highest BCUT2D eigenvalue weighted by molar-refractivity contribution is 5.84. The Morgan fingerprint density at radius 3 is 2.81 bits per heavy atom. The minimum Gasteiger partial charge on any atom is -0.387 e. The van der Waals surface area contributed by atoms with Gasteiger partial charge in [-0.1, -0.05) is 6.92 Å². The maximum atomic E-state index is 11.9. The van der Waals surface area contributed by atoms with Gasteiger partial charge in [-0.25, -0.2) is 0 Å². The number of ether oxygens (including phenoxy) is 1. The van der Waals surface area contributed by atoms with Crippen molar-refractivity contribution in [3.8, 4) is 0 Å². The average molecular weight is 230 g/mol. The van der Waals surface area contributed by atoms with Crippen LogP contribution in [0.2, 0.25) is 0 Å². The summed E-state index contributed by atoms with van der Waals surface area (Å²) in [4.78, 5) is 11.9. The van der Waals surface area contributed by atoms with Gasteiger partial charge in [-0.2, -0.15) is 0 Å². The van der Waals surface area contributed by atoms with Gasteiger partial charge in [0.05, 0.1) is 5.60 Å². The number of hydrogen-bond acceptors (Lipinski definition) is 4. The van der Waals surface area contributed by atoms with E-state index in [9.17, 15) is 9.90 Å². The number of rotatable bonds is 5. The van der Waals surface area contributed by atoms with E-state index < -0.39 is 11.2 Å². The Balaban J connectivity index is 2.45. The van der Waals surface area contributed by atoms with Crippen LogP contribution in [0, 0.1) is 0 Å². The van der Waals surface area contributed by atoms with Gasteiger partial charge in [-0.3, -0.25) is 4.79 Å². The van der Waals surface area contributed by atoms with E-state index in [1.807, 2.05) is 6.92 Å². The van der Waals surface area contributed by atoms with E-state index in [0.717, 1.165) is 6.54 Å². The first kappa shape index (κ1) is 13.4. The fourth-order valence-corrected chi connectivity index (χ4v) is 1.71. The van der Waals surface area contributed by atoms with Gasteiger partial charge in [-0.05, 0) is 26.3 Å². The van der Waals surface area contributed by atoms with Gasteiger partial charge in [0.15, 0.2) is 0 Å². The highest BCUT2D eigenvalue weighted by atomic mass is 16.5. The minimum atomic E-state index is -0.807. The monoisotopic (exact) mass is 230 g/mol. The summed E-state index contributed by atoms with van der Waals surface area (Å²) in [7, 11) is 1.52. The second-order valence-electron chi connectivity index (χ2n) is 4.62. The molecule has 2 unspecified atom stereocenters. The largest absolute Gasteiger partial charge is 0.387 e. The molecular weight excluding hydrogens is 208 g/mol. The first-order chi connectivity index (χ1) is 7.46. The van der Waals surface area contributed by atoms with Gasteiger partial charge in [0.2, 0.25) is 0 Å². The third-order valence-electron chi connectivity index (χ3n) is 3.40. The molecule has 5 nitrogen and oxygen atoms in total. The molecule has 1 aliphatic heterocycles. The minimum absolute atomic E-state index is 0.169. The SMILES string of the molecule is CCC(C)(OC)C(=O)NCC1(O)CCNC1. The maximum absolute atomic E-state index is 11.9. The standard InChI is InChI=1S/C11H22N2O3/c1-4-10(2,16-3)9(14)13-8-11(15)5-6-12-7-11/h12,15H,4-8H2,1-3H3,(H,13,14).